The average Bonchev–Trinajstić information content (AvgIpc) is 3.26. The normalized spacial score (nSPS) is 25.8. The maximum Gasteiger partial charge on any atom is 0.261 e. The molecule has 0 bridgehead atoms. The van der Waals surface area contributed by atoms with Gasteiger partial charge in [-0.1, -0.05) is 112 Å². The van der Waals surface area contributed by atoms with Gasteiger partial charge >= 0.3 is 0 Å². The Morgan fingerprint density at radius 1 is 0.789 bits per heavy atom. The number of hydrogen-bond donors (Lipinski definition) is 0. The van der Waals surface area contributed by atoms with Gasteiger partial charge in [0.05, 0.1) is 18.8 Å². The van der Waals surface area contributed by atoms with Crippen molar-refractivity contribution in [1.82, 2.24) is 0 Å². The van der Waals surface area contributed by atoms with Gasteiger partial charge in [-0.25, -0.2) is 0 Å². The lowest BCUT2D eigenvalue weighted by atomic mass is 9.94. The molecule has 2 saturated heterocycles. The van der Waals surface area contributed by atoms with Gasteiger partial charge in [0.25, 0.3) is 8.32 Å². The number of ether oxygens (including phenoxy) is 3. The van der Waals surface area contributed by atoms with Crippen LogP contribution < -0.4 is 10.4 Å². The average molecular weight is 531 g/mol. The lowest BCUT2D eigenvalue weighted by molar-refractivity contribution is -0.173. The molecule has 0 radical (unpaired) electrons. The SMILES string of the molecule is CC1(C)O[C@@H]([C@H]2CCC[C@H](CO[Si](c3ccccc3)(c3ccccc3)C(C)(C)C)O2)[C@@H](c2ccccc2)O1. The van der Waals surface area contributed by atoms with E-state index in [4.69, 9.17) is 18.6 Å². The smallest absolute Gasteiger partial charge is 0.261 e. The molecule has 5 heteroatoms. The van der Waals surface area contributed by atoms with Gasteiger partial charge in [-0.05, 0) is 54.1 Å². The van der Waals surface area contributed by atoms with Gasteiger partial charge in [-0.15, -0.1) is 0 Å². The minimum absolute atomic E-state index is 0.0131. The molecule has 5 rings (SSSR count). The molecule has 2 heterocycles. The molecule has 4 nitrogen and oxygen atoms in total. The molecule has 2 aliphatic heterocycles. The largest absolute Gasteiger partial charge is 0.405 e. The van der Waals surface area contributed by atoms with Crippen molar-refractivity contribution in [3.05, 3.63) is 96.6 Å². The monoisotopic (exact) mass is 530 g/mol. The fraction of sp³-hybridized carbons (Fsp3) is 0.455. The van der Waals surface area contributed by atoms with Gasteiger partial charge in [0, 0.05) is 0 Å². The molecule has 38 heavy (non-hydrogen) atoms. The summed E-state index contributed by atoms with van der Waals surface area (Å²) in [5.41, 5.74) is 1.14. The molecule has 3 aromatic rings. The van der Waals surface area contributed by atoms with Crippen molar-refractivity contribution >= 4 is 18.7 Å². The second-order valence-corrected chi connectivity index (χ2v) is 16.4. The van der Waals surface area contributed by atoms with Gasteiger partial charge in [-0.3, -0.25) is 0 Å². The predicted molar refractivity (Wildman–Crippen MR) is 155 cm³/mol. The standard InChI is InChI=1S/C33H42O4Si/c1-32(2,3)38(27-19-11-7-12-20-27,28-21-13-8-14-22-28)34-24-26-18-15-23-29(35-26)31-30(36-33(4,5)37-31)25-16-9-6-10-17-25/h6-14,16-17,19-22,26,29-31H,15,18,23-24H2,1-5H3/t26-,29-,30-,31+/m1/s1. The molecule has 3 aromatic carbocycles. The zero-order chi connectivity index (χ0) is 26.8. The van der Waals surface area contributed by atoms with Crippen molar-refractivity contribution in [2.24, 2.45) is 0 Å². The van der Waals surface area contributed by atoms with Crippen LogP contribution in [0.2, 0.25) is 5.04 Å². The van der Waals surface area contributed by atoms with Gasteiger partial charge in [0.2, 0.25) is 0 Å². The molecule has 0 aromatic heterocycles. The Hall–Kier alpha value is -2.28. The quantitative estimate of drug-likeness (QED) is 0.332. The van der Waals surface area contributed by atoms with E-state index in [0.29, 0.717) is 6.61 Å². The van der Waals surface area contributed by atoms with Gasteiger partial charge < -0.3 is 18.6 Å². The number of hydrogen-bond acceptors (Lipinski definition) is 4. The number of benzene rings is 3. The van der Waals surface area contributed by atoms with Gasteiger partial charge in [0.15, 0.2) is 5.79 Å². The molecular formula is C33H42O4Si. The summed E-state index contributed by atoms with van der Waals surface area (Å²) in [6.07, 6.45) is 2.71. The summed E-state index contributed by atoms with van der Waals surface area (Å²) in [6, 6.07) is 32.0. The highest BCUT2D eigenvalue weighted by Gasteiger charge is 2.51. The van der Waals surface area contributed by atoms with E-state index in [1.54, 1.807) is 0 Å². The minimum Gasteiger partial charge on any atom is -0.405 e. The number of rotatable bonds is 7. The molecule has 0 N–H and O–H groups in total. The highest BCUT2D eigenvalue weighted by molar-refractivity contribution is 6.99. The first-order chi connectivity index (χ1) is 18.2. The molecule has 0 unspecified atom stereocenters. The van der Waals surface area contributed by atoms with E-state index in [2.05, 4.69) is 106 Å². The second kappa shape index (κ2) is 11.1. The van der Waals surface area contributed by atoms with Crippen LogP contribution in [0.15, 0.2) is 91.0 Å². The molecule has 0 amide bonds. The molecule has 202 valence electrons. The topological polar surface area (TPSA) is 36.9 Å². The molecule has 2 aliphatic rings. The molecule has 0 saturated carbocycles. The van der Waals surface area contributed by atoms with Crippen LogP contribution >= 0.6 is 0 Å². The van der Waals surface area contributed by atoms with E-state index in [1.807, 2.05) is 19.9 Å². The first-order valence-corrected chi connectivity index (χ1v) is 15.9. The van der Waals surface area contributed by atoms with Crippen LogP contribution in [0.3, 0.4) is 0 Å². The van der Waals surface area contributed by atoms with Crippen molar-refractivity contribution in [1.29, 1.82) is 0 Å². The third kappa shape index (κ3) is 5.54. The highest BCUT2D eigenvalue weighted by Crippen LogP contribution is 2.43. The van der Waals surface area contributed by atoms with Crippen LogP contribution in [-0.4, -0.2) is 39.0 Å². The summed E-state index contributed by atoms with van der Waals surface area (Å²) in [5.74, 6) is -0.646. The Morgan fingerprint density at radius 2 is 1.34 bits per heavy atom. The summed E-state index contributed by atoms with van der Waals surface area (Å²) in [6.45, 7) is 11.5. The van der Waals surface area contributed by atoms with Crippen molar-refractivity contribution in [2.45, 2.75) is 89.1 Å². The van der Waals surface area contributed by atoms with Crippen molar-refractivity contribution in [3.8, 4) is 0 Å². The van der Waals surface area contributed by atoms with E-state index >= 15 is 0 Å². The van der Waals surface area contributed by atoms with Crippen molar-refractivity contribution < 1.29 is 18.6 Å². The first kappa shape index (κ1) is 27.3. The maximum atomic E-state index is 7.21. The van der Waals surface area contributed by atoms with Crippen LogP contribution in [-0.2, 0) is 18.6 Å². The zero-order valence-electron chi connectivity index (χ0n) is 23.4. The van der Waals surface area contributed by atoms with E-state index in [1.165, 1.54) is 10.4 Å². The van der Waals surface area contributed by atoms with E-state index < -0.39 is 14.1 Å². The summed E-state index contributed by atoms with van der Waals surface area (Å²) in [5, 5.41) is 2.53. The van der Waals surface area contributed by atoms with Crippen molar-refractivity contribution in [2.75, 3.05) is 6.61 Å². The van der Waals surface area contributed by atoms with Gasteiger partial charge in [0.1, 0.15) is 12.2 Å². The maximum absolute atomic E-state index is 7.21. The Bertz CT molecular complexity index is 1120. The predicted octanol–water partition coefficient (Wildman–Crippen LogP) is 6.39. The Morgan fingerprint density at radius 3 is 1.89 bits per heavy atom. The van der Waals surface area contributed by atoms with Crippen LogP contribution in [0.4, 0.5) is 0 Å². The summed E-state index contributed by atoms with van der Waals surface area (Å²) in [4.78, 5) is 0. The Labute approximate surface area is 229 Å². The van der Waals surface area contributed by atoms with Crippen LogP contribution in [0.5, 0.6) is 0 Å². The second-order valence-electron chi connectivity index (χ2n) is 12.1. The fourth-order valence-corrected chi connectivity index (χ4v) is 10.8. The molecular weight excluding hydrogens is 488 g/mol. The Kier molecular flexibility index (Phi) is 7.95. The molecule has 0 spiro atoms. The van der Waals surface area contributed by atoms with Gasteiger partial charge in [-0.2, -0.15) is 0 Å². The summed E-state index contributed by atoms with van der Waals surface area (Å²) >= 11 is 0. The van der Waals surface area contributed by atoms with E-state index in [9.17, 15) is 0 Å². The summed E-state index contributed by atoms with van der Waals surface area (Å²) < 4.78 is 26.8. The zero-order valence-corrected chi connectivity index (χ0v) is 24.4. The van der Waals surface area contributed by atoms with Crippen molar-refractivity contribution in [3.63, 3.8) is 0 Å². The Balaban J connectivity index is 1.39. The molecule has 4 atom stereocenters. The lowest BCUT2D eigenvalue weighted by Gasteiger charge is -2.44. The third-order valence-corrected chi connectivity index (χ3v) is 12.9. The molecule has 2 fully saturated rings. The fourth-order valence-electron chi connectivity index (χ4n) is 6.24. The van der Waals surface area contributed by atoms with E-state index in [0.717, 1.165) is 24.8 Å². The summed E-state index contributed by atoms with van der Waals surface area (Å²) in [7, 11) is -2.61. The van der Waals surface area contributed by atoms with E-state index in [-0.39, 0.29) is 29.5 Å². The van der Waals surface area contributed by atoms with Crippen LogP contribution in [0.25, 0.3) is 0 Å². The lowest BCUT2D eigenvalue weighted by Crippen LogP contribution is -2.67. The highest BCUT2D eigenvalue weighted by atomic mass is 28.4. The third-order valence-electron chi connectivity index (χ3n) is 7.91. The van der Waals surface area contributed by atoms with Crippen LogP contribution in [0, 0.1) is 0 Å². The van der Waals surface area contributed by atoms with Crippen LogP contribution in [0.1, 0.15) is 65.5 Å². The molecule has 0 aliphatic carbocycles. The first-order valence-electron chi connectivity index (χ1n) is 14.0. The minimum atomic E-state index is -2.61.